The Hall–Kier alpha value is -1.02. The van der Waals surface area contributed by atoms with Crippen LogP contribution in [0.4, 0.5) is 0 Å². The number of rotatable bonds is 9. The van der Waals surface area contributed by atoms with E-state index < -0.39 is 0 Å². The van der Waals surface area contributed by atoms with E-state index in [1.807, 2.05) is 30.3 Å². The summed E-state index contributed by atoms with van der Waals surface area (Å²) in [6, 6.07) is 10.6. The Morgan fingerprint density at radius 1 is 1.11 bits per heavy atom. The Morgan fingerprint density at radius 3 is 2.50 bits per heavy atom. The number of ether oxygens (including phenoxy) is 1. The average Bonchev–Trinajstić information content (AvgIpc) is 2.38. The van der Waals surface area contributed by atoms with Gasteiger partial charge in [-0.15, -0.1) is 0 Å². The summed E-state index contributed by atoms with van der Waals surface area (Å²) in [6.45, 7) is 7.75. The Balaban J connectivity index is 2.14. The van der Waals surface area contributed by atoms with Crippen LogP contribution < -0.4 is 10.1 Å². The summed E-state index contributed by atoms with van der Waals surface area (Å²) in [5.41, 5.74) is 0. The van der Waals surface area contributed by atoms with Crippen LogP contribution in [-0.4, -0.2) is 18.7 Å². The van der Waals surface area contributed by atoms with E-state index in [1.54, 1.807) is 0 Å². The van der Waals surface area contributed by atoms with Crippen LogP contribution >= 0.6 is 0 Å². The molecule has 0 unspecified atom stereocenters. The van der Waals surface area contributed by atoms with Crippen molar-refractivity contribution in [1.82, 2.24) is 5.32 Å². The molecule has 1 aromatic rings. The molecule has 1 aromatic carbocycles. The van der Waals surface area contributed by atoms with Crippen molar-refractivity contribution in [3.63, 3.8) is 0 Å². The first-order valence-corrected chi connectivity index (χ1v) is 7.17. The molecule has 0 aliphatic carbocycles. The van der Waals surface area contributed by atoms with Crippen molar-refractivity contribution in [3.05, 3.63) is 30.3 Å². The van der Waals surface area contributed by atoms with Gasteiger partial charge in [0.2, 0.25) is 0 Å². The second-order valence-corrected chi connectivity index (χ2v) is 5.03. The van der Waals surface area contributed by atoms with Crippen molar-refractivity contribution in [2.75, 3.05) is 6.54 Å². The first-order chi connectivity index (χ1) is 8.72. The predicted octanol–water partition coefficient (Wildman–Crippen LogP) is 4.01. The van der Waals surface area contributed by atoms with Gasteiger partial charge in [-0.1, -0.05) is 31.5 Å². The van der Waals surface area contributed by atoms with E-state index >= 15 is 0 Å². The maximum atomic E-state index is 5.86. The predicted molar refractivity (Wildman–Crippen MR) is 78.1 cm³/mol. The lowest BCUT2D eigenvalue weighted by Crippen LogP contribution is -2.28. The molecule has 0 aliphatic heterocycles. The number of hydrogen-bond acceptors (Lipinski definition) is 2. The fraction of sp³-hybridized carbons (Fsp3) is 0.625. The number of para-hydroxylation sites is 1. The number of hydrogen-bond donors (Lipinski definition) is 1. The molecule has 0 spiro atoms. The minimum Gasteiger partial charge on any atom is -0.491 e. The lowest BCUT2D eigenvalue weighted by atomic mass is 10.1. The van der Waals surface area contributed by atoms with Crippen molar-refractivity contribution >= 4 is 0 Å². The van der Waals surface area contributed by atoms with E-state index in [1.165, 1.54) is 12.8 Å². The molecule has 0 saturated heterocycles. The van der Waals surface area contributed by atoms with Gasteiger partial charge in [0.1, 0.15) is 5.75 Å². The topological polar surface area (TPSA) is 21.3 Å². The molecule has 0 bridgehead atoms. The zero-order valence-corrected chi connectivity index (χ0v) is 12.0. The van der Waals surface area contributed by atoms with Crippen molar-refractivity contribution in [2.45, 2.75) is 58.6 Å². The van der Waals surface area contributed by atoms with Crippen molar-refractivity contribution < 1.29 is 4.74 Å². The standard InChI is InChI=1S/C16H27NO/c1-4-5-13-17-14(2)11-12-15(3)18-16-9-7-6-8-10-16/h6-10,14-15,17H,4-5,11-13H2,1-3H3/t14-,15+/m0/s1. The van der Waals surface area contributed by atoms with Crippen LogP contribution in [-0.2, 0) is 0 Å². The van der Waals surface area contributed by atoms with E-state index in [0.29, 0.717) is 6.04 Å². The summed E-state index contributed by atoms with van der Waals surface area (Å²) in [5.74, 6) is 0.969. The van der Waals surface area contributed by atoms with Crippen LogP contribution in [0, 0.1) is 0 Å². The largest absolute Gasteiger partial charge is 0.491 e. The molecule has 2 atom stereocenters. The summed E-state index contributed by atoms with van der Waals surface area (Å²) < 4.78 is 5.86. The quantitative estimate of drug-likeness (QED) is 0.668. The van der Waals surface area contributed by atoms with E-state index in [-0.39, 0.29) is 6.10 Å². The number of nitrogens with one attached hydrogen (secondary N) is 1. The fourth-order valence-electron chi connectivity index (χ4n) is 1.90. The van der Waals surface area contributed by atoms with Crippen LogP contribution in [0.25, 0.3) is 0 Å². The SMILES string of the molecule is CCCCN[C@@H](C)CC[C@@H](C)Oc1ccccc1. The summed E-state index contributed by atoms with van der Waals surface area (Å²) in [5, 5.41) is 3.55. The summed E-state index contributed by atoms with van der Waals surface area (Å²) in [6.07, 6.45) is 5.06. The van der Waals surface area contributed by atoms with Gasteiger partial charge in [-0.25, -0.2) is 0 Å². The molecule has 0 heterocycles. The molecule has 18 heavy (non-hydrogen) atoms. The van der Waals surface area contributed by atoms with Gasteiger partial charge in [-0.3, -0.25) is 0 Å². The molecule has 102 valence electrons. The molecule has 1 rings (SSSR count). The van der Waals surface area contributed by atoms with Gasteiger partial charge in [0, 0.05) is 6.04 Å². The number of benzene rings is 1. The highest BCUT2D eigenvalue weighted by Gasteiger charge is 2.07. The van der Waals surface area contributed by atoms with Crippen LogP contribution in [0.3, 0.4) is 0 Å². The minimum absolute atomic E-state index is 0.280. The minimum atomic E-state index is 0.280. The molecule has 1 N–H and O–H groups in total. The Labute approximate surface area is 112 Å². The van der Waals surface area contributed by atoms with Gasteiger partial charge in [0.15, 0.2) is 0 Å². The lowest BCUT2D eigenvalue weighted by Gasteiger charge is -2.18. The third-order valence-corrected chi connectivity index (χ3v) is 3.11. The highest BCUT2D eigenvalue weighted by molar-refractivity contribution is 5.21. The summed E-state index contributed by atoms with van der Waals surface area (Å²) in [7, 11) is 0. The monoisotopic (exact) mass is 249 g/mol. The maximum absolute atomic E-state index is 5.86. The molecular formula is C16H27NO. The molecule has 0 fully saturated rings. The van der Waals surface area contributed by atoms with E-state index in [2.05, 4.69) is 26.1 Å². The summed E-state index contributed by atoms with van der Waals surface area (Å²) in [4.78, 5) is 0. The van der Waals surface area contributed by atoms with Crippen LogP contribution in [0.15, 0.2) is 30.3 Å². The van der Waals surface area contributed by atoms with Gasteiger partial charge in [0.05, 0.1) is 6.10 Å². The molecular weight excluding hydrogens is 222 g/mol. The Kier molecular flexibility index (Phi) is 7.51. The van der Waals surface area contributed by atoms with Crippen molar-refractivity contribution in [1.29, 1.82) is 0 Å². The first-order valence-electron chi connectivity index (χ1n) is 7.17. The number of unbranched alkanes of at least 4 members (excludes halogenated alkanes) is 1. The zero-order chi connectivity index (χ0) is 13.2. The molecule has 0 aromatic heterocycles. The van der Waals surface area contributed by atoms with Gasteiger partial charge in [-0.2, -0.15) is 0 Å². The van der Waals surface area contributed by atoms with Gasteiger partial charge in [0.25, 0.3) is 0 Å². The van der Waals surface area contributed by atoms with E-state index in [4.69, 9.17) is 4.74 Å². The first kappa shape index (κ1) is 15.0. The van der Waals surface area contributed by atoms with Crippen LogP contribution in [0.1, 0.15) is 46.5 Å². The van der Waals surface area contributed by atoms with Gasteiger partial charge >= 0.3 is 0 Å². The Morgan fingerprint density at radius 2 is 1.83 bits per heavy atom. The molecule has 0 amide bonds. The normalized spacial score (nSPS) is 14.2. The summed E-state index contributed by atoms with van der Waals surface area (Å²) >= 11 is 0. The Bertz CT molecular complexity index is 299. The van der Waals surface area contributed by atoms with E-state index in [0.717, 1.165) is 25.1 Å². The van der Waals surface area contributed by atoms with E-state index in [9.17, 15) is 0 Å². The smallest absolute Gasteiger partial charge is 0.119 e. The molecule has 0 aliphatic rings. The lowest BCUT2D eigenvalue weighted by molar-refractivity contribution is 0.202. The van der Waals surface area contributed by atoms with Gasteiger partial charge in [-0.05, 0) is 51.8 Å². The molecule has 2 nitrogen and oxygen atoms in total. The third-order valence-electron chi connectivity index (χ3n) is 3.11. The molecule has 0 saturated carbocycles. The average molecular weight is 249 g/mol. The molecule has 0 radical (unpaired) electrons. The second kappa shape index (κ2) is 8.98. The van der Waals surface area contributed by atoms with Crippen molar-refractivity contribution in [3.8, 4) is 5.75 Å². The molecule has 2 heteroatoms. The van der Waals surface area contributed by atoms with Crippen molar-refractivity contribution in [2.24, 2.45) is 0 Å². The fourth-order valence-corrected chi connectivity index (χ4v) is 1.90. The third kappa shape index (κ3) is 6.65. The van der Waals surface area contributed by atoms with Crippen LogP contribution in [0.2, 0.25) is 0 Å². The van der Waals surface area contributed by atoms with Gasteiger partial charge < -0.3 is 10.1 Å². The second-order valence-electron chi connectivity index (χ2n) is 5.03. The maximum Gasteiger partial charge on any atom is 0.119 e. The highest BCUT2D eigenvalue weighted by Crippen LogP contribution is 2.13. The zero-order valence-electron chi connectivity index (χ0n) is 12.0. The highest BCUT2D eigenvalue weighted by atomic mass is 16.5. The van der Waals surface area contributed by atoms with Crippen LogP contribution in [0.5, 0.6) is 5.75 Å².